The predicted octanol–water partition coefficient (Wildman–Crippen LogP) is 2.18. The first-order valence-corrected chi connectivity index (χ1v) is 9.03. The molecule has 0 unspecified atom stereocenters. The van der Waals surface area contributed by atoms with E-state index in [4.69, 9.17) is 0 Å². The highest BCUT2D eigenvalue weighted by molar-refractivity contribution is 9.10. The minimum Gasteiger partial charge on any atom is -0.319 e. The van der Waals surface area contributed by atoms with E-state index in [0.29, 0.717) is 24.7 Å². The van der Waals surface area contributed by atoms with E-state index in [9.17, 15) is 12.8 Å². The van der Waals surface area contributed by atoms with Gasteiger partial charge in [-0.1, -0.05) is 0 Å². The predicted molar refractivity (Wildman–Crippen MR) is 84.9 cm³/mol. The molecule has 1 fully saturated rings. The molecule has 1 saturated heterocycles. The molecule has 0 aromatic heterocycles. The Hall–Kier alpha value is -0.700. The topological polar surface area (TPSA) is 61.4 Å². The maximum Gasteiger partial charge on any atom is 0.301 e. The van der Waals surface area contributed by atoms with Crippen molar-refractivity contribution >= 4 is 31.8 Å². The highest BCUT2D eigenvalue weighted by Crippen LogP contribution is 2.23. The van der Waals surface area contributed by atoms with Crippen LogP contribution in [-0.4, -0.2) is 39.4 Å². The normalized spacial score (nSPS) is 17.9. The zero-order valence-corrected chi connectivity index (χ0v) is 14.2. The highest BCUT2D eigenvalue weighted by Gasteiger charge is 2.27. The fourth-order valence-electron chi connectivity index (χ4n) is 2.42. The molecule has 0 spiro atoms. The first-order chi connectivity index (χ1) is 9.92. The van der Waals surface area contributed by atoms with Crippen LogP contribution in [0.4, 0.5) is 10.1 Å². The van der Waals surface area contributed by atoms with Gasteiger partial charge in [0.05, 0.1) is 10.2 Å². The van der Waals surface area contributed by atoms with Crippen LogP contribution in [0.1, 0.15) is 12.8 Å². The molecule has 0 radical (unpaired) electrons. The van der Waals surface area contributed by atoms with Crippen molar-refractivity contribution in [2.24, 2.45) is 5.92 Å². The Balaban J connectivity index is 2.00. The van der Waals surface area contributed by atoms with Gasteiger partial charge in [0.1, 0.15) is 5.82 Å². The van der Waals surface area contributed by atoms with Gasteiger partial charge in [0.15, 0.2) is 0 Å². The second kappa shape index (κ2) is 7.04. The summed E-state index contributed by atoms with van der Waals surface area (Å²) < 4.78 is 41.9. The van der Waals surface area contributed by atoms with Crippen LogP contribution in [0, 0.1) is 11.7 Å². The summed E-state index contributed by atoms with van der Waals surface area (Å²) in [5.41, 5.74) is 0.348. The molecular formula is C13H19BrFN3O2S. The molecule has 118 valence electrons. The zero-order chi connectivity index (χ0) is 15.5. The number of piperidine rings is 1. The number of nitrogens with zero attached hydrogens (tertiary/aromatic N) is 1. The number of hydrogen-bond donors (Lipinski definition) is 2. The summed E-state index contributed by atoms with van der Waals surface area (Å²) >= 11 is 3.04. The molecule has 21 heavy (non-hydrogen) atoms. The van der Waals surface area contributed by atoms with Gasteiger partial charge in [-0.25, -0.2) is 4.39 Å². The van der Waals surface area contributed by atoms with Crippen LogP contribution < -0.4 is 10.0 Å². The number of anilines is 1. The summed E-state index contributed by atoms with van der Waals surface area (Å²) in [6.45, 7) is 1.92. The van der Waals surface area contributed by atoms with Gasteiger partial charge in [0.25, 0.3) is 0 Å². The van der Waals surface area contributed by atoms with E-state index >= 15 is 0 Å². The summed E-state index contributed by atoms with van der Waals surface area (Å²) in [5.74, 6) is 0.0900. The molecule has 1 aromatic rings. The monoisotopic (exact) mass is 379 g/mol. The number of rotatable bonds is 5. The lowest BCUT2D eigenvalue weighted by molar-refractivity contribution is 0.272. The van der Waals surface area contributed by atoms with E-state index in [-0.39, 0.29) is 4.47 Å². The van der Waals surface area contributed by atoms with E-state index in [0.717, 1.165) is 19.4 Å². The first-order valence-electron chi connectivity index (χ1n) is 6.80. The molecule has 1 aliphatic rings. The van der Waals surface area contributed by atoms with Crippen molar-refractivity contribution in [1.29, 1.82) is 0 Å². The zero-order valence-electron chi connectivity index (χ0n) is 11.8. The summed E-state index contributed by atoms with van der Waals surface area (Å²) in [6.07, 6.45) is 1.68. The fourth-order valence-corrected chi connectivity index (χ4v) is 4.04. The molecule has 1 heterocycles. The van der Waals surface area contributed by atoms with Crippen LogP contribution in [0.15, 0.2) is 22.7 Å². The standard InChI is InChI=1S/C13H19BrFN3O2S/c1-16-9-10-4-6-18(7-5-10)21(19,20)17-11-2-3-13(15)12(14)8-11/h2-3,8,10,16-17H,4-7,9H2,1H3. The van der Waals surface area contributed by atoms with Gasteiger partial charge in [-0.2, -0.15) is 12.7 Å². The lowest BCUT2D eigenvalue weighted by atomic mass is 9.98. The fraction of sp³-hybridized carbons (Fsp3) is 0.538. The van der Waals surface area contributed by atoms with Crippen molar-refractivity contribution in [3.8, 4) is 0 Å². The third-order valence-corrected chi connectivity index (χ3v) is 5.72. The van der Waals surface area contributed by atoms with Gasteiger partial charge in [-0.15, -0.1) is 0 Å². The van der Waals surface area contributed by atoms with Crippen molar-refractivity contribution in [2.45, 2.75) is 12.8 Å². The van der Waals surface area contributed by atoms with Crippen LogP contribution in [0.25, 0.3) is 0 Å². The van der Waals surface area contributed by atoms with E-state index < -0.39 is 16.0 Å². The molecule has 2 rings (SSSR count). The molecule has 8 heteroatoms. The van der Waals surface area contributed by atoms with Crippen LogP contribution in [0.5, 0.6) is 0 Å². The van der Waals surface area contributed by atoms with E-state index in [1.54, 1.807) is 0 Å². The maximum atomic E-state index is 13.2. The van der Waals surface area contributed by atoms with Crippen LogP contribution in [0.3, 0.4) is 0 Å². The van der Waals surface area contributed by atoms with Crippen LogP contribution in [0.2, 0.25) is 0 Å². The molecule has 0 amide bonds. The number of halogens is 2. The quantitative estimate of drug-likeness (QED) is 0.823. The Morgan fingerprint density at radius 3 is 2.62 bits per heavy atom. The largest absolute Gasteiger partial charge is 0.319 e. The maximum absolute atomic E-state index is 13.2. The third kappa shape index (κ3) is 4.38. The Labute approximate surface area is 133 Å². The van der Waals surface area contributed by atoms with Crippen molar-refractivity contribution in [1.82, 2.24) is 9.62 Å². The average molecular weight is 380 g/mol. The van der Waals surface area contributed by atoms with Crippen LogP contribution in [-0.2, 0) is 10.2 Å². The molecule has 5 nitrogen and oxygen atoms in total. The molecule has 0 bridgehead atoms. The number of nitrogens with one attached hydrogen (secondary N) is 2. The van der Waals surface area contributed by atoms with Gasteiger partial charge in [0.2, 0.25) is 0 Å². The first kappa shape index (κ1) is 16.7. The highest BCUT2D eigenvalue weighted by atomic mass is 79.9. The summed E-state index contributed by atoms with van der Waals surface area (Å²) in [6, 6.07) is 4.05. The van der Waals surface area contributed by atoms with Gasteiger partial charge in [-0.3, -0.25) is 4.72 Å². The molecule has 0 saturated carbocycles. The Kier molecular flexibility index (Phi) is 5.59. The summed E-state index contributed by atoms with van der Waals surface area (Å²) in [5, 5.41) is 3.12. The molecule has 0 aliphatic carbocycles. The molecule has 1 aromatic carbocycles. The van der Waals surface area contributed by atoms with Crippen LogP contribution >= 0.6 is 15.9 Å². The van der Waals surface area contributed by atoms with Crippen molar-refractivity contribution in [2.75, 3.05) is 31.4 Å². The third-order valence-electron chi connectivity index (χ3n) is 3.57. The van der Waals surface area contributed by atoms with Crippen molar-refractivity contribution in [3.63, 3.8) is 0 Å². The van der Waals surface area contributed by atoms with Crippen molar-refractivity contribution < 1.29 is 12.8 Å². The van der Waals surface area contributed by atoms with Gasteiger partial charge in [-0.05, 0) is 66.5 Å². The van der Waals surface area contributed by atoms with Gasteiger partial charge in [0, 0.05) is 13.1 Å². The summed E-state index contributed by atoms with van der Waals surface area (Å²) in [4.78, 5) is 0. The van der Waals surface area contributed by atoms with E-state index in [1.165, 1.54) is 22.5 Å². The second-order valence-corrected chi connectivity index (χ2v) is 7.66. The Morgan fingerprint density at radius 2 is 2.05 bits per heavy atom. The second-order valence-electron chi connectivity index (χ2n) is 5.14. The van der Waals surface area contributed by atoms with Crippen molar-refractivity contribution in [3.05, 3.63) is 28.5 Å². The number of benzene rings is 1. The number of hydrogen-bond acceptors (Lipinski definition) is 3. The average Bonchev–Trinajstić information content (AvgIpc) is 2.44. The van der Waals surface area contributed by atoms with Gasteiger partial charge >= 0.3 is 10.2 Å². The minimum absolute atomic E-state index is 0.232. The Bertz CT molecular complexity index is 589. The SMILES string of the molecule is CNCC1CCN(S(=O)(=O)Nc2ccc(F)c(Br)c2)CC1. The minimum atomic E-state index is -3.58. The smallest absolute Gasteiger partial charge is 0.301 e. The molecular weight excluding hydrogens is 361 g/mol. The molecule has 2 N–H and O–H groups in total. The lowest BCUT2D eigenvalue weighted by Gasteiger charge is -2.31. The van der Waals surface area contributed by atoms with E-state index in [1.807, 2.05) is 7.05 Å². The molecule has 0 atom stereocenters. The lowest BCUT2D eigenvalue weighted by Crippen LogP contribution is -2.43. The summed E-state index contributed by atoms with van der Waals surface area (Å²) in [7, 11) is -1.68. The van der Waals surface area contributed by atoms with Gasteiger partial charge < -0.3 is 5.32 Å². The van der Waals surface area contributed by atoms with E-state index in [2.05, 4.69) is 26.0 Å². The Morgan fingerprint density at radius 1 is 1.38 bits per heavy atom. The molecule has 1 aliphatic heterocycles.